The molecule has 0 aliphatic carbocycles. The first kappa shape index (κ1) is 27.5. The highest BCUT2D eigenvalue weighted by atomic mass is 15.0. The predicted molar refractivity (Wildman–Crippen MR) is 205 cm³/mol. The van der Waals surface area contributed by atoms with Crippen LogP contribution < -0.4 is 0 Å². The Balaban J connectivity index is 1.15. The van der Waals surface area contributed by atoms with Crippen molar-refractivity contribution < 1.29 is 0 Å². The van der Waals surface area contributed by atoms with Gasteiger partial charge < -0.3 is 4.57 Å². The van der Waals surface area contributed by atoms with Crippen molar-refractivity contribution in [3.63, 3.8) is 0 Å². The molecule has 10 aromatic rings. The van der Waals surface area contributed by atoms with Crippen LogP contribution in [0.15, 0.2) is 176 Å². The Morgan fingerprint density at radius 1 is 0.347 bits per heavy atom. The average molecular weight is 624 g/mol. The highest BCUT2D eigenvalue weighted by Crippen LogP contribution is 2.41. The third-order valence-corrected chi connectivity index (χ3v) is 9.79. The van der Waals surface area contributed by atoms with Crippen LogP contribution in [0.1, 0.15) is 0 Å². The first-order valence-corrected chi connectivity index (χ1v) is 16.7. The largest absolute Gasteiger partial charge is 0.309 e. The number of hydrogen-bond donors (Lipinski definition) is 0. The van der Waals surface area contributed by atoms with E-state index in [1.165, 1.54) is 54.1 Å². The van der Waals surface area contributed by atoms with E-state index >= 15 is 0 Å². The van der Waals surface area contributed by atoms with Crippen LogP contribution in [0.25, 0.3) is 93.7 Å². The van der Waals surface area contributed by atoms with Gasteiger partial charge in [-0.3, -0.25) is 0 Å². The molecule has 228 valence electrons. The van der Waals surface area contributed by atoms with Crippen LogP contribution in [-0.2, 0) is 0 Å². The Labute approximate surface area is 283 Å². The van der Waals surface area contributed by atoms with E-state index in [0.717, 1.165) is 33.8 Å². The molecule has 0 saturated carbocycles. The molecule has 3 nitrogen and oxygen atoms in total. The molecule has 2 heterocycles. The second kappa shape index (κ2) is 11.0. The minimum absolute atomic E-state index is 0.707. The Bertz CT molecular complexity index is 2790. The van der Waals surface area contributed by atoms with Gasteiger partial charge in [-0.1, -0.05) is 133 Å². The molecule has 0 aliphatic rings. The van der Waals surface area contributed by atoms with Crippen LogP contribution in [0.3, 0.4) is 0 Å². The van der Waals surface area contributed by atoms with Gasteiger partial charge in [-0.05, 0) is 74.8 Å². The van der Waals surface area contributed by atoms with Crippen molar-refractivity contribution >= 4 is 54.1 Å². The molecular weight excluding hydrogens is 595 g/mol. The van der Waals surface area contributed by atoms with Gasteiger partial charge >= 0.3 is 0 Å². The fourth-order valence-corrected chi connectivity index (χ4v) is 7.51. The van der Waals surface area contributed by atoms with E-state index in [1.54, 1.807) is 0 Å². The zero-order chi connectivity index (χ0) is 32.3. The molecule has 2 aromatic heterocycles. The second-order valence-corrected chi connectivity index (χ2v) is 12.6. The highest BCUT2D eigenvalue weighted by Gasteiger charge is 2.17. The van der Waals surface area contributed by atoms with Crippen molar-refractivity contribution in [2.75, 3.05) is 0 Å². The Kier molecular flexibility index (Phi) is 6.18. The molecule has 0 bridgehead atoms. The summed E-state index contributed by atoms with van der Waals surface area (Å²) in [5, 5.41) is 10.2. The van der Waals surface area contributed by atoms with Gasteiger partial charge in [0.2, 0.25) is 0 Å². The minimum atomic E-state index is 0.707. The fraction of sp³-hybridized carbons (Fsp3) is 0. The van der Waals surface area contributed by atoms with E-state index in [0.29, 0.717) is 5.82 Å². The summed E-state index contributed by atoms with van der Waals surface area (Å²) in [6.07, 6.45) is 0. The summed E-state index contributed by atoms with van der Waals surface area (Å²) >= 11 is 0. The summed E-state index contributed by atoms with van der Waals surface area (Å²) in [6, 6.07) is 62.5. The molecule has 49 heavy (non-hydrogen) atoms. The standard InChI is InChI=1S/C46H29N3/c1-3-12-31(13-4-1)40-29-41(32-14-5-2-6-15-32)48-46(47-40)34-21-24-35(25-22-34)49-42-18-10-9-17-39(42)45-38-26-23-33-20-19-30-11-7-8-16-36(30)44(33)37(38)27-28-43(45)49/h1-29H. The van der Waals surface area contributed by atoms with Gasteiger partial charge in [0.1, 0.15) is 0 Å². The lowest BCUT2D eigenvalue weighted by molar-refractivity contribution is 1.16. The van der Waals surface area contributed by atoms with Crippen molar-refractivity contribution in [3.05, 3.63) is 176 Å². The van der Waals surface area contributed by atoms with Crippen molar-refractivity contribution in [2.45, 2.75) is 0 Å². The number of para-hydroxylation sites is 1. The lowest BCUT2D eigenvalue weighted by atomic mass is 9.94. The van der Waals surface area contributed by atoms with E-state index in [4.69, 9.17) is 9.97 Å². The van der Waals surface area contributed by atoms with E-state index in [2.05, 4.69) is 144 Å². The second-order valence-electron chi connectivity index (χ2n) is 12.6. The van der Waals surface area contributed by atoms with Gasteiger partial charge in [-0.15, -0.1) is 0 Å². The normalized spacial score (nSPS) is 11.7. The zero-order valence-corrected chi connectivity index (χ0v) is 26.6. The van der Waals surface area contributed by atoms with Gasteiger partial charge in [0.05, 0.1) is 22.4 Å². The molecule has 3 heteroatoms. The maximum absolute atomic E-state index is 5.05. The monoisotopic (exact) mass is 623 g/mol. The molecule has 10 rings (SSSR count). The van der Waals surface area contributed by atoms with Crippen molar-refractivity contribution in [1.29, 1.82) is 0 Å². The van der Waals surface area contributed by atoms with Crippen LogP contribution in [-0.4, -0.2) is 14.5 Å². The van der Waals surface area contributed by atoms with Crippen LogP contribution in [0.2, 0.25) is 0 Å². The molecule has 0 amide bonds. The number of rotatable bonds is 4. The maximum atomic E-state index is 5.05. The van der Waals surface area contributed by atoms with Crippen molar-refractivity contribution in [2.24, 2.45) is 0 Å². The number of benzene rings is 8. The number of hydrogen-bond acceptors (Lipinski definition) is 2. The van der Waals surface area contributed by atoms with E-state index in [9.17, 15) is 0 Å². The van der Waals surface area contributed by atoms with Crippen molar-refractivity contribution in [1.82, 2.24) is 14.5 Å². The molecule has 8 aromatic carbocycles. The van der Waals surface area contributed by atoms with E-state index < -0.39 is 0 Å². The first-order valence-electron chi connectivity index (χ1n) is 16.7. The van der Waals surface area contributed by atoms with Gasteiger partial charge in [0, 0.05) is 33.2 Å². The number of aromatic nitrogens is 3. The Morgan fingerprint density at radius 2 is 0.918 bits per heavy atom. The third-order valence-electron chi connectivity index (χ3n) is 9.79. The van der Waals surface area contributed by atoms with Crippen LogP contribution >= 0.6 is 0 Å². The molecule has 0 unspecified atom stereocenters. The predicted octanol–water partition coefficient (Wildman–Crippen LogP) is 12.0. The lowest BCUT2D eigenvalue weighted by Gasteiger charge is -2.12. The number of fused-ring (bicyclic) bond motifs is 9. The Hall–Kier alpha value is -6.58. The van der Waals surface area contributed by atoms with Crippen LogP contribution in [0.4, 0.5) is 0 Å². The third kappa shape index (κ3) is 4.44. The molecule has 0 N–H and O–H groups in total. The smallest absolute Gasteiger partial charge is 0.160 e. The lowest BCUT2D eigenvalue weighted by Crippen LogP contribution is -1.97. The summed E-state index contributed by atoms with van der Waals surface area (Å²) in [7, 11) is 0. The van der Waals surface area contributed by atoms with Gasteiger partial charge in [0.15, 0.2) is 5.82 Å². The first-order chi connectivity index (χ1) is 24.3. The SMILES string of the molecule is c1ccc(-c2cc(-c3ccccc3)nc(-c3ccc(-n4c5ccccc5c5c6ccc7ccc8ccccc8c7c6ccc54)cc3)n2)cc1. The highest BCUT2D eigenvalue weighted by molar-refractivity contribution is 6.29. The summed E-state index contributed by atoms with van der Waals surface area (Å²) in [5.41, 5.74) is 8.40. The van der Waals surface area contributed by atoms with Gasteiger partial charge in [-0.25, -0.2) is 9.97 Å². The molecule has 0 aliphatic heterocycles. The quantitative estimate of drug-likeness (QED) is 0.183. The fourth-order valence-electron chi connectivity index (χ4n) is 7.51. The molecule has 0 saturated heterocycles. The number of nitrogens with zero attached hydrogens (tertiary/aromatic N) is 3. The average Bonchev–Trinajstić information content (AvgIpc) is 3.53. The Morgan fingerprint density at radius 3 is 1.65 bits per heavy atom. The minimum Gasteiger partial charge on any atom is -0.309 e. The zero-order valence-electron chi connectivity index (χ0n) is 26.6. The molecule has 0 spiro atoms. The molecule has 0 atom stereocenters. The summed E-state index contributed by atoms with van der Waals surface area (Å²) in [6.45, 7) is 0. The van der Waals surface area contributed by atoms with Gasteiger partial charge in [-0.2, -0.15) is 0 Å². The topological polar surface area (TPSA) is 30.7 Å². The van der Waals surface area contributed by atoms with Crippen LogP contribution in [0, 0.1) is 0 Å². The summed E-state index contributed by atoms with van der Waals surface area (Å²) < 4.78 is 2.39. The van der Waals surface area contributed by atoms with Crippen LogP contribution in [0.5, 0.6) is 0 Å². The summed E-state index contributed by atoms with van der Waals surface area (Å²) in [5.74, 6) is 0.707. The van der Waals surface area contributed by atoms with Crippen molar-refractivity contribution in [3.8, 4) is 39.6 Å². The van der Waals surface area contributed by atoms with E-state index in [-0.39, 0.29) is 0 Å². The van der Waals surface area contributed by atoms with Gasteiger partial charge in [0.25, 0.3) is 0 Å². The molecule has 0 radical (unpaired) electrons. The summed E-state index contributed by atoms with van der Waals surface area (Å²) in [4.78, 5) is 10.1. The maximum Gasteiger partial charge on any atom is 0.160 e. The molecule has 0 fully saturated rings. The molecular formula is C46H29N3. The van der Waals surface area contributed by atoms with E-state index in [1.807, 2.05) is 36.4 Å².